The van der Waals surface area contributed by atoms with Crippen LogP contribution < -0.4 is 0 Å². The lowest BCUT2D eigenvalue weighted by molar-refractivity contribution is -0.141. The molecule has 1 atom stereocenters. The predicted molar refractivity (Wildman–Crippen MR) is 58.6 cm³/mol. The van der Waals surface area contributed by atoms with Gasteiger partial charge in [0.25, 0.3) is 0 Å². The summed E-state index contributed by atoms with van der Waals surface area (Å²) in [7, 11) is 0. The Morgan fingerprint density at radius 2 is 1.94 bits per heavy atom. The number of carbonyl (C=O) groups is 2. The molecule has 0 aliphatic heterocycles. The molecule has 0 saturated heterocycles. The number of aliphatic carboxylic acids is 1. The molecule has 1 aromatic carbocycles. The summed E-state index contributed by atoms with van der Waals surface area (Å²) in [6, 6.07) is 2.32. The maximum Gasteiger partial charge on any atom is 0.335 e. The van der Waals surface area contributed by atoms with E-state index in [4.69, 9.17) is 10.2 Å². The summed E-state index contributed by atoms with van der Waals surface area (Å²) in [5, 5.41) is 17.6. The molecule has 0 fully saturated rings. The van der Waals surface area contributed by atoms with Crippen molar-refractivity contribution < 1.29 is 24.2 Å². The van der Waals surface area contributed by atoms with Crippen LogP contribution in [-0.2, 0) is 11.2 Å². The average Bonchev–Trinajstić information content (AvgIpc) is 2.21. The summed E-state index contributed by atoms with van der Waals surface area (Å²) < 4.78 is 13.5. The Balaban J connectivity index is 3.12. The molecular formula is C12H13FO4. The van der Waals surface area contributed by atoms with Crippen molar-refractivity contribution in [3.05, 3.63) is 34.6 Å². The third kappa shape index (κ3) is 3.03. The lowest BCUT2D eigenvalue weighted by Gasteiger charge is -2.10. The first kappa shape index (κ1) is 13.2. The Labute approximate surface area is 97.7 Å². The van der Waals surface area contributed by atoms with E-state index in [9.17, 15) is 14.0 Å². The Kier molecular flexibility index (Phi) is 3.83. The highest BCUT2D eigenvalue weighted by Crippen LogP contribution is 2.19. The van der Waals surface area contributed by atoms with Gasteiger partial charge in [0.05, 0.1) is 11.5 Å². The first-order chi connectivity index (χ1) is 7.82. The molecule has 0 spiro atoms. The van der Waals surface area contributed by atoms with E-state index in [2.05, 4.69) is 0 Å². The quantitative estimate of drug-likeness (QED) is 0.845. The number of benzene rings is 1. The molecule has 0 saturated carbocycles. The Bertz CT molecular complexity index is 468. The fourth-order valence-corrected chi connectivity index (χ4v) is 1.52. The second-order valence-electron chi connectivity index (χ2n) is 4.01. The summed E-state index contributed by atoms with van der Waals surface area (Å²) in [6.45, 7) is 2.94. The maximum absolute atomic E-state index is 13.5. The smallest absolute Gasteiger partial charge is 0.335 e. The first-order valence-electron chi connectivity index (χ1n) is 5.08. The Morgan fingerprint density at radius 1 is 1.35 bits per heavy atom. The molecule has 0 aliphatic rings. The summed E-state index contributed by atoms with van der Waals surface area (Å²) in [4.78, 5) is 21.5. The molecule has 1 unspecified atom stereocenters. The highest BCUT2D eigenvalue weighted by molar-refractivity contribution is 5.89. The standard InChI is InChI=1S/C12H13FO4/c1-6-4-10(13)8(3-7(2)11(14)15)5-9(6)12(16)17/h4-5,7H,3H2,1-2H3,(H,14,15)(H,16,17). The molecule has 1 rings (SSSR count). The molecule has 0 radical (unpaired) electrons. The van der Waals surface area contributed by atoms with E-state index < -0.39 is 23.7 Å². The van der Waals surface area contributed by atoms with Gasteiger partial charge in [-0.3, -0.25) is 4.79 Å². The monoisotopic (exact) mass is 240 g/mol. The van der Waals surface area contributed by atoms with Gasteiger partial charge in [-0.1, -0.05) is 6.92 Å². The molecule has 0 bridgehead atoms. The Hall–Kier alpha value is -1.91. The number of aromatic carboxylic acids is 1. The fourth-order valence-electron chi connectivity index (χ4n) is 1.52. The largest absolute Gasteiger partial charge is 0.481 e. The van der Waals surface area contributed by atoms with Crippen LogP contribution in [0.2, 0.25) is 0 Å². The van der Waals surface area contributed by atoms with Gasteiger partial charge in [0.1, 0.15) is 5.82 Å². The van der Waals surface area contributed by atoms with Crippen LogP contribution in [0.3, 0.4) is 0 Å². The highest BCUT2D eigenvalue weighted by Gasteiger charge is 2.17. The lowest BCUT2D eigenvalue weighted by Crippen LogP contribution is -2.14. The van der Waals surface area contributed by atoms with Crippen molar-refractivity contribution in [3.63, 3.8) is 0 Å². The normalized spacial score (nSPS) is 12.2. The van der Waals surface area contributed by atoms with Crippen LogP contribution in [0.15, 0.2) is 12.1 Å². The average molecular weight is 240 g/mol. The topological polar surface area (TPSA) is 74.6 Å². The maximum atomic E-state index is 13.5. The minimum Gasteiger partial charge on any atom is -0.481 e. The SMILES string of the molecule is Cc1cc(F)c(CC(C)C(=O)O)cc1C(=O)O. The summed E-state index contributed by atoms with van der Waals surface area (Å²) in [5.41, 5.74) is 0.434. The predicted octanol–water partition coefficient (Wildman–Crippen LogP) is 2.10. The zero-order chi connectivity index (χ0) is 13.2. The van der Waals surface area contributed by atoms with Gasteiger partial charge in [-0.15, -0.1) is 0 Å². The number of halogens is 1. The lowest BCUT2D eigenvalue weighted by atomic mass is 9.97. The Morgan fingerprint density at radius 3 is 2.41 bits per heavy atom. The van der Waals surface area contributed by atoms with Crippen molar-refractivity contribution in [2.24, 2.45) is 5.92 Å². The van der Waals surface area contributed by atoms with Gasteiger partial charge >= 0.3 is 11.9 Å². The number of hydrogen-bond donors (Lipinski definition) is 2. The molecule has 0 amide bonds. The highest BCUT2D eigenvalue weighted by atomic mass is 19.1. The minimum atomic E-state index is -1.15. The van der Waals surface area contributed by atoms with Crippen molar-refractivity contribution in [2.45, 2.75) is 20.3 Å². The third-order valence-electron chi connectivity index (χ3n) is 2.57. The van der Waals surface area contributed by atoms with E-state index >= 15 is 0 Å². The van der Waals surface area contributed by atoms with Crippen LogP contribution in [0.4, 0.5) is 4.39 Å². The second kappa shape index (κ2) is 4.95. The molecule has 2 N–H and O–H groups in total. The van der Waals surface area contributed by atoms with Gasteiger partial charge in [-0.25, -0.2) is 9.18 Å². The fraction of sp³-hybridized carbons (Fsp3) is 0.333. The molecule has 17 heavy (non-hydrogen) atoms. The van der Waals surface area contributed by atoms with Gasteiger partial charge in [0, 0.05) is 0 Å². The number of carboxylic acid groups (broad SMARTS) is 2. The zero-order valence-corrected chi connectivity index (χ0v) is 9.53. The van der Waals surface area contributed by atoms with Crippen molar-refractivity contribution in [2.75, 3.05) is 0 Å². The minimum absolute atomic E-state index is 0.000936. The molecular weight excluding hydrogens is 227 g/mol. The summed E-state index contributed by atoms with van der Waals surface area (Å²) in [5.74, 6) is -3.51. The number of hydrogen-bond acceptors (Lipinski definition) is 2. The molecule has 5 heteroatoms. The van der Waals surface area contributed by atoms with Crippen molar-refractivity contribution in [1.82, 2.24) is 0 Å². The van der Waals surface area contributed by atoms with Crippen LogP contribution in [0.1, 0.15) is 28.4 Å². The van der Waals surface area contributed by atoms with Crippen molar-refractivity contribution >= 4 is 11.9 Å². The van der Waals surface area contributed by atoms with E-state index in [0.717, 1.165) is 6.07 Å². The van der Waals surface area contributed by atoms with Crippen molar-refractivity contribution in [1.29, 1.82) is 0 Å². The van der Waals surface area contributed by atoms with Gasteiger partial charge < -0.3 is 10.2 Å². The molecule has 1 aromatic rings. The van der Waals surface area contributed by atoms with Gasteiger partial charge in [-0.2, -0.15) is 0 Å². The van der Waals surface area contributed by atoms with Gasteiger partial charge in [0.2, 0.25) is 0 Å². The zero-order valence-electron chi connectivity index (χ0n) is 9.53. The van der Waals surface area contributed by atoms with E-state index in [1.54, 1.807) is 0 Å². The third-order valence-corrected chi connectivity index (χ3v) is 2.57. The molecule has 0 aliphatic carbocycles. The first-order valence-corrected chi connectivity index (χ1v) is 5.08. The summed E-state index contributed by atoms with van der Waals surface area (Å²) in [6.07, 6.45) is -0.0261. The van der Waals surface area contributed by atoms with E-state index in [0.29, 0.717) is 5.56 Å². The second-order valence-corrected chi connectivity index (χ2v) is 4.01. The van der Waals surface area contributed by atoms with Crippen LogP contribution >= 0.6 is 0 Å². The van der Waals surface area contributed by atoms with E-state index in [1.807, 2.05) is 0 Å². The van der Waals surface area contributed by atoms with E-state index in [1.165, 1.54) is 19.9 Å². The number of rotatable bonds is 4. The molecule has 4 nitrogen and oxygen atoms in total. The van der Waals surface area contributed by atoms with E-state index in [-0.39, 0.29) is 17.5 Å². The number of aryl methyl sites for hydroxylation is 1. The van der Waals surface area contributed by atoms with Gasteiger partial charge in [-0.05, 0) is 36.6 Å². The van der Waals surface area contributed by atoms with Crippen molar-refractivity contribution in [3.8, 4) is 0 Å². The van der Waals surface area contributed by atoms with Crippen LogP contribution in [0, 0.1) is 18.7 Å². The van der Waals surface area contributed by atoms with Crippen LogP contribution in [-0.4, -0.2) is 22.2 Å². The van der Waals surface area contributed by atoms with Crippen LogP contribution in [0.5, 0.6) is 0 Å². The summed E-state index contributed by atoms with van der Waals surface area (Å²) >= 11 is 0. The van der Waals surface area contributed by atoms with Crippen LogP contribution in [0.25, 0.3) is 0 Å². The molecule has 92 valence electrons. The van der Waals surface area contributed by atoms with Gasteiger partial charge in [0.15, 0.2) is 0 Å². The molecule has 0 aromatic heterocycles. The molecule has 0 heterocycles. The number of carboxylic acids is 2.